The molecule has 0 amide bonds. The maximum Gasteiger partial charge on any atom is 0.240 e. The molecule has 2 rings (SSSR count). The van der Waals surface area contributed by atoms with E-state index in [9.17, 15) is 8.42 Å². The van der Waals surface area contributed by atoms with Gasteiger partial charge in [-0.25, -0.2) is 13.1 Å². The molecule has 0 heterocycles. The molecule has 1 aliphatic carbocycles. The highest BCUT2D eigenvalue weighted by atomic mass is 32.2. The van der Waals surface area contributed by atoms with Crippen molar-refractivity contribution in [3.8, 4) is 0 Å². The van der Waals surface area contributed by atoms with E-state index >= 15 is 0 Å². The smallest absolute Gasteiger partial charge is 0.240 e. The molecule has 0 aliphatic heterocycles. The average molecular weight is 284 g/mol. The Labute approximate surface area is 114 Å². The first kappa shape index (κ1) is 14.3. The maximum absolute atomic E-state index is 12.1. The zero-order valence-corrected chi connectivity index (χ0v) is 11.9. The molecule has 0 atom stereocenters. The number of nitrogens with two attached hydrogens (primary N) is 1. The van der Waals surface area contributed by atoms with E-state index in [0.29, 0.717) is 23.8 Å². The van der Waals surface area contributed by atoms with Gasteiger partial charge >= 0.3 is 0 Å². The van der Waals surface area contributed by atoms with Crippen LogP contribution in [-0.2, 0) is 14.8 Å². The maximum atomic E-state index is 12.1. The molecule has 0 aromatic heterocycles. The topological polar surface area (TPSA) is 81.4 Å². The second kappa shape index (κ2) is 5.90. The number of sulfonamides is 1. The van der Waals surface area contributed by atoms with Crippen molar-refractivity contribution in [1.29, 1.82) is 0 Å². The van der Waals surface area contributed by atoms with Crippen LogP contribution in [0.2, 0.25) is 0 Å². The quantitative estimate of drug-likeness (QED) is 0.584. The lowest BCUT2D eigenvalue weighted by Crippen LogP contribution is -2.28. The van der Waals surface area contributed by atoms with Gasteiger partial charge in [0.2, 0.25) is 10.0 Å². The van der Waals surface area contributed by atoms with Crippen LogP contribution >= 0.6 is 0 Å². The Morgan fingerprint density at radius 3 is 2.84 bits per heavy atom. The summed E-state index contributed by atoms with van der Waals surface area (Å²) in [5, 5.41) is 0. The summed E-state index contributed by atoms with van der Waals surface area (Å²) in [6, 6.07) is 4.88. The van der Waals surface area contributed by atoms with E-state index in [1.807, 2.05) is 0 Å². The van der Waals surface area contributed by atoms with Crippen molar-refractivity contribution in [2.45, 2.75) is 24.7 Å². The van der Waals surface area contributed by atoms with Gasteiger partial charge in [-0.3, -0.25) is 0 Å². The number of anilines is 1. The van der Waals surface area contributed by atoms with Crippen LogP contribution in [0.4, 0.5) is 5.69 Å². The lowest BCUT2D eigenvalue weighted by molar-refractivity contribution is 0.129. The highest BCUT2D eigenvalue weighted by Crippen LogP contribution is 2.28. The molecule has 1 aliphatic rings. The first-order chi connectivity index (χ1) is 9.00. The third-order valence-electron chi connectivity index (χ3n) is 3.20. The summed E-state index contributed by atoms with van der Waals surface area (Å²) >= 11 is 0. The van der Waals surface area contributed by atoms with Gasteiger partial charge in [-0.15, -0.1) is 0 Å². The minimum Gasteiger partial charge on any atom is -0.398 e. The fourth-order valence-corrected chi connectivity index (χ4v) is 3.07. The molecule has 5 nitrogen and oxygen atoms in total. The van der Waals surface area contributed by atoms with Gasteiger partial charge in [0.25, 0.3) is 0 Å². The lowest BCUT2D eigenvalue weighted by atomic mass is 10.2. The lowest BCUT2D eigenvalue weighted by Gasteiger charge is -2.10. The van der Waals surface area contributed by atoms with Crippen LogP contribution in [0.3, 0.4) is 0 Å². The summed E-state index contributed by atoms with van der Waals surface area (Å²) < 4.78 is 32.1. The van der Waals surface area contributed by atoms with Crippen molar-refractivity contribution >= 4 is 15.7 Å². The minimum absolute atomic E-state index is 0.231. The van der Waals surface area contributed by atoms with Crippen LogP contribution < -0.4 is 10.5 Å². The highest BCUT2D eigenvalue weighted by molar-refractivity contribution is 7.89. The Morgan fingerprint density at radius 2 is 2.16 bits per heavy atom. The Kier molecular flexibility index (Phi) is 4.44. The van der Waals surface area contributed by atoms with Crippen LogP contribution in [0, 0.1) is 12.8 Å². The van der Waals surface area contributed by atoms with E-state index in [0.717, 1.165) is 6.61 Å². The molecule has 0 saturated heterocycles. The number of benzene rings is 1. The van der Waals surface area contributed by atoms with Crippen molar-refractivity contribution in [1.82, 2.24) is 4.72 Å². The molecule has 0 unspecified atom stereocenters. The molecule has 6 heteroatoms. The van der Waals surface area contributed by atoms with Crippen molar-refractivity contribution in [2.75, 3.05) is 25.5 Å². The standard InChI is InChI=1S/C13H20N2O3S/c1-10-12(14)3-2-4-13(10)19(16,17)15-7-8-18-9-11-5-6-11/h2-4,11,15H,5-9,14H2,1H3. The van der Waals surface area contributed by atoms with Gasteiger partial charge in [0.1, 0.15) is 0 Å². The van der Waals surface area contributed by atoms with Crippen molar-refractivity contribution in [2.24, 2.45) is 5.92 Å². The highest BCUT2D eigenvalue weighted by Gasteiger charge is 2.21. The third kappa shape index (κ3) is 3.92. The zero-order valence-electron chi connectivity index (χ0n) is 11.1. The largest absolute Gasteiger partial charge is 0.398 e. The summed E-state index contributed by atoms with van der Waals surface area (Å²) in [6.07, 6.45) is 2.46. The van der Waals surface area contributed by atoms with Gasteiger partial charge in [0.05, 0.1) is 11.5 Å². The molecular weight excluding hydrogens is 264 g/mol. The Balaban J connectivity index is 1.88. The molecule has 106 valence electrons. The summed E-state index contributed by atoms with van der Waals surface area (Å²) in [6.45, 7) is 3.12. The number of hydrogen-bond acceptors (Lipinski definition) is 4. The molecular formula is C13H20N2O3S. The van der Waals surface area contributed by atoms with Gasteiger partial charge in [-0.05, 0) is 43.4 Å². The number of nitrogen functional groups attached to an aromatic ring is 1. The number of ether oxygens (including phenoxy) is 1. The summed E-state index contributed by atoms with van der Waals surface area (Å²) in [5.74, 6) is 0.688. The van der Waals surface area contributed by atoms with Crippen molar-refractivity contribution in [3.63, 3.8) is 0 Å². The first-order valence-corrected chi connectivity index (χ1v) is 7.91. The molecule has 1 saturated carbocycles. The fraction of sp³-hybridized carbons (Fsp3) is 0.538. The predicted octanol–water partition coefficient (Wildman–Crippen LogP) is 1.28. The Hall–Kier alpha value is -1.11. The van der Waals surface area contributed by atoms with E-state index in [1.54, 1.807) is 25.1 Å². The van der Waals surface area contributed by atoms with E-state index in [2.05, 4.69) is 4.72 Å². The number of hydrogen-bond donors (Lipinski definition) is 2. The van der Waals surface area contributed by atoms with Crippen LogP contribution in [-0.4, -0.2) is 28.2 Å². The van der Waals surface area contributed by atoms with Crippen LogP contribution in [0.1, 0.15) is 18.4 Å². The molecule has 0 spiro atoms. The normalized spacial score (nSPS) is 15.6. The first-order valence-electron chi connectivity index (χ1n) is 6.43. The molecule has 0 radical (unpaired) electrons. The SMILES string of the molecule is Cc1c(N)cccc1S(=O)(=O)NCCOCC1CC1. The third-order valence-corrected chi connectivity index (χ3v) is 4.81. The van der Waals surface area contributed by atoms with E-state index in [4.69, 9.17) is 10.5 Å². The second-order valence-electron chi connectivity index (χ2n) is 4.89. The van der Waals surface area contributed by atoms with Crippen LogP contribution in [0.5, 0.6) is 0 Å². The van der Waals surface area contributed by atoms with Gasteiger partial charge in [-0.1, -0.05) is 6.07 Å². The van der Waals surface area contributed by atoms with E-state index in [-0.39, 0.29) is 11.4 Å². The van der Waals surface area contributed by atoms with Crippen LogP contribution in [0.25, 0.3) is 0 Å². The number of nitrogens with one attached hydrogen (secondary N) is 1. The fourth-order valence-electron chi connectivity index (χ4n) is 1.78. The average Bonchev–Trinajstić information content (AvgIpc) is 3.16. The monoisotopic (exact) mass is 284 g/mol. The Bertz CT molecular complexity index is 539. The van der Waals surface area contributed by atoms with E-state index in [1.165, 1.54) is 12.8 Å². The molecule has 0 bridgehead atoms. The zero-order chi connectivity index (χ0) is 13.9. The van der Waals surface area contributed by atoms with Crippen molar-refractivity contribution < 1.29 is 13.2 Å². The van der Waals surface area contributed by atoms with E-state index < -0.39 is 10.0 Å². The Morgan fingerprint density at radius 1 is 1.42 bits per heavy atom. The van der Waals surface area contributed by atoms with Gasteiger partial charge < -0.3 is 10.5 Å². The summed E-state index contributed by atoms with van der Waals surface area (Å²) in [7, 11) is -3.51. The summed E-state index contributed by atoms with van der Waals surface area (Å²) in [4.78, 5) is 0.231. The van der Waals surface area contributed by atoms with Gasteiger partial charge in [0, 0.05) is 18.8 Å². The predicted molar refractivity (Wildman–Crippen MR) is 74.3 cm³/mol. The molecule has 1 aromatic carbocycles. The molecule has 1 aromatic rings. The molecule has 19 heavy (non-hydrogen) atoms. The molecule has 3 N–H and O–H groups in total. The van der Waals surface area contributed by atoms with Crippen LogP contribution in [0.15, 0.2) is 23.1 Å². The minimum atomic E-state index is -3.51. The van der Waals surface area contributed by atoms with Gasteiger partial charge in [-0.2, -0.15) is 0 Å². The van der Waals surface area contributed by atoms with Crippen molar-refractivity contribution in [3.05, 3.63) is 23.8 Å². The number of rotatable bonds is 7. The van der Waals surface area contributed by atoms with Gasteiger partial charge in [0.15, 0.2) is 0 Å². The second-order valence-corrected chi connectivity index (χ2v) is 6.62. The summed E-state index contributed by atoms with van der Waals surface area (Å²) in [5.41, 5.74) is 6.77. The molecule has 1 fully saturated rings.